The Hall–Kier alpha value is -1.57. The highest BCUT2D eigenvalue weighted by molar-refractivity contribution is 5.41. The van der Waals surface area contributed by atoms with Crippen molar-refractivity contribution >= 4 is 0 Å². The summed E-state index contributed by atoms with van der Waals surface area (Å²) in [7, 11) is 0. The molecule has 2 rings (SSSR count). The van der Waals surface area contributed by atoms with Crippen molar-refractivity contribution in [2.45, 2.75) is 34.6 Å². The Kier molecular flexibility index (Phi) is 4.29. The maximum absolute atomic E-state index is 4.36. The van der Waals surface area contributed by atoms with Gasteiger partial charge in [0.25, 0.3) is 0 Å². The van der Waals surface area contributed by atoms with Crippen molar-refractivity contribution in [3.05, 3.63) is 47.3 Å². The van der Waals surface area contributed by atoms with Crippen LogP contribution in [0, 0.1) is 20.8 Å². The van der Waals surface area contributed by atoms with Crippen LogP contribution < -0.4 is 0 Å². The lowest BCUT2D eigenvalue weighted by Gasteiger charge is -2.07. The molecule has 0 saturated heterocycles. The second-order valence-corrected chi connectivity index (χ2v) is 3.61. The molecule has 0 amide bonds. The van der Waals surface area contributed by atoms with Gasteiger partial charge in [0.1, 0.15) is 0 Å². The fourth-order valence-electron chi connectivity index (χ4n) is 1.54. The summed E-state index contributed by atoms with van der Waals surface area (Å²) in [5.41, 5.74) is 4.85. The van der Waals surface area contributed by atoms with Crippen molar-refractivity contribution in [3.8, 4) is 5.69 Å². The molecule has 0 N–H and O–H groups in total. The van der Waals surface area contributed by atoms with E-state index in [2.05, 4.69) is 38.0 Å². The second kappa shape index (κ2) is 5.50. The lowest BCUT2D eigenvalue weighted by molar-refractivity contribution is 0.839. The molecule has 0 bridgehead atoms. The zero-order valence-electron chi connectivity index (χ0n) is 10.8. The summed E-state index contributed by atoms with van der Waals surface area (Å²) in [6, 6.07) is 8.28. The lowest BCUT2D eigenvalue weighted by atomic mass is 10.2. The number of hydrogen-bond acceptors (Lipinski definition) is 1. The van der Waals surface area contributed by atoms with Gasteiger partial charge in [-0.25, -0.2) is 4.68 Å². The maximum Gasteiger partial charge on any atom is 0.0677 e. The molecule has 0 aliphatic carbocycles. The smallest absolute Gasteiger partial charge is 0.0677 e. The van der Waals surface area contributed by atoms with Crippen LogP contribution in [0.5, 0.6) is 0 Å². The lowest BCUT2D eigenvalue weighted by Crippen LogP contribution is -2.00. The van der Waals surface area contributed by atoms with Crippen LogP contribution in [-0.2, 0) is 0 Å². The predicted molar refractivity (Wildman–Crippen MR) is 69.1 cm³/mol. The highest BCUT2D eigenvalue weighted by Gasteiger charge is 2.05. The van der Waals surface area contributed by atoms with Crippen LogP contribution >= 0.6 is 0 Å². The van der Waals surface area contributed by atoms with Crippen LogP contribution in [0.2, 0.25) is 0 Å². The largest absolute Gasteiger partial charge is 0.238 e. The Morgan fingerprint density at radius 1 is 0.938 bits per heavy atom. The fourth-order valence-corrected chi connectivity index (χ4v) is 1.54. The molecular formula is C14H20N2. The van der Waals surface area contributed by atoms with E-state index in [1.165, 1.54) is 16.8 Å². The van der Waals surface area contributed by atoms with Gasteiger partial charge in [-0.3, -0.25) is 0 Å². The van der Waals surface area contributed by atoms with Crippen LogP contribution in [0.4, 0.5) is 0 Å². The van der Waals surface area contributed by atoms with E-state index in [0.29, 0.717) is 0 Å². The van der Waals surface area contributed by atoms with E-state index < -0.39 is 0 Å². The Balaban J connectivity index is 0.000000606. The third-order valence-electron chi connectivity index (χ3n) is 2.60. The Morgan fingerprint density at radius 2 is 1.56 bits per heavy atom. The van der Waals surface area contributed by atoms with Gasteiger partial charge in [0, 0.05) is 5.69 Å². The van der Waals surface area contributed by atoms with Crippen LogP contribution in [0.15, 0.2) is 30.5 Å². The van der Waals surface area contributed by atoms with E-state index in [4.69, 9.17) is 0 Å². The topological polar surface area (TPSA) is 17.8 Å². The number of hydrogen-bond donors (Lipinski definition) is 0. The maximum atomic E-state index is 4.36. The van der Waals surface area contributed by atoms with E-state index in [1.54, 1.807) is 0 Å². The first-order valence-corrected chi connectivity index (χ1v) is 5.77. The van der Waals surface area contributed by atoms with Gasteiger partial charge >= 0.3 is 0 Å². The van der Waals surface area contributed by atoms with Crippen LogP contribution in [0.3, 0.4) is 0 Å². The standard InChI is InChI=1S/C12H14N2.C2H6/c1-9-6-4-5-7-12(9)14-11(3)10(2)8-13-14;1-2/h4-8H,1-3H3;1-2H3. The van der Waals surface area contributed by atoms with Gasteiger partial charge in [0.15, 0.2) is 0 Å². The SMILES string of the molecule is CC.Cc1ccccc1-n1ncc(C)c1C. The average Bonchev–Trinajstić information content (AvgIpc) is 2.64. The first-order chi connectivity index (χ1) is 7.70. The molecule has 1 aromatic carbocycles. The molecule has 0 unspecified atom stereocenters. The molecule has 0 atom stereocenters. The molecule has 2 nitrogen and oxygen atoms in total. The average molecular weight is 216 g/mol. The summed E-state index contributed by atoms with van der Waals surface area (Å²) in [5.74, 6) is 0. The Morgan fingerprint density at radius 3 is 2.06 bits per heavy atom. The van der Waals surface area contributed by atoms with Gasteiger partial charge in [-0.2, -0.15) is 5.10 Å². The number of rotatable bonds is 1. The van der Waals surface area contributed by atoms with E-state index >= 15 is 0 Å². The van der Waals surface area contributed by atoms with Crippen molar-refractivity contribution in [1.29, 1.82) is 0 Å². The molecule has 16 heavy (non-hydrogen) atoms. The predicted octanol–water partition coefficient (Wildman–Crippen LogP) is 3.82. The fraction of sp³-hybridized carbons (Fsp3) is 0.357. The monoisotopic (exact) mass is 216 g/mol. The minimum atomic E-state index is 1.16. The molecule has 2 aromatic rings. The molecule has 1 aromatic heterocycles. The summed E-state index contributed by atoms with van der Waals surface area (Å²) in [4.78, 5) is 0. The summed E-state index contributed by atoms with van der Waals surface area (Å²) in [6.07, 6.45) is 1.90. The van der Waals surface area contributed by atoms with Gasteiger partial charge in [-0.05, 0) is 38.0 Å². The number of aromatic nitrogens is 2. The van der Waals surface area contributed by atoms with Gasteiger partial charge in [0.2, 0.25) is 0 Å². The summed E-state index contributed by atoms with van der Waals surface area (Å²) >= 11 is 0. The third kappa shape index (κ3) is 2.32. The summed E-state index contributed by atoms with van der Waals surface area (Å²) in [6.45, 7) is 10.3. The van der Waals surface area contributed by atoms with Crippen LogP contribution in [0.25, 0.3) is 5.69 Å². The van der Waals surface area contributed by atoms with Gasteiger partial charge in [0.05, 0.1) is 11.9 Å². The highest BCUT2D eigenvalue weighted by atomic mass is 15.3. The van der Waals surface area contributed by atoms with E-state index in [-0.39, 0.29) is 0 Å². The molecule has 0 radical (unpaired) electrons. The Bertz CT molecular complexity index is 456. The number of para-hydroxylation sites is 1. The van der Waals surface area contributed by atoms with Crippen molar-refractivity contribution in [2.24, 2.45) is 0 Å². The first kappa shape index (κ1) is 12.5. The Labute approximate surface area is 97.9 Å². The van der Waals surface area contributed by atoms with Gasteiger partial charge in [-0.1, -0.05) is 32.0 Å². The second-order valence-electron chi connectivity index (χ2n) is 3.61. The van der Waals surface area contributed by atoms with Crippen LogP contribution in [-0.4, -0.2) is 9.78 Å². The quantitative estimate of drug-likeness (QED) is 0.708. The molecule has 0 aliphatic heterocycles. The third-order valence-corrected chi connectivity index (χ3v) is 2.60. The minimum Gasteiger partial charge on any atom is -0.238 e. The normalized spacial score (nSPS) is 9.56. The number of aryl methyl sites for hydroxylation is 2. The molecule has 0 aliphatic rings. The van der Waals surface area contributed by atoms with Crippen molar-refractivity contribution in [1.82, 2.24) is 9.78 Å². The minimum absolute atomic E-state index is 1.16. The first-order valence-electron chi connectivity index (χ1n) is 5.77. The zero-order valence-corrected chi connectivity index (χ0v) is 10.8. The molecule has 86 valence electrons. The number of nitrogens with zero attached hydrogens (tertiary/aromatic N) is 2. The zero-order chi connectivity index (χ0) is 12.1. The van der Waals surface area contributed by atoms with Crippen molar-refractivity contribution in [3.63, 3.8) is 0 Å². The highest BCUT2D eigenvalue weighted by Crippen LogP contribution is 2.16. The molecule has 1 heterocycles. The van der Waals surface area contributed by atoms with Crippen LogP contribution in [0.1, 0.15) is 30.7 Å². The summed E-state index contributed by atoms with van der Waals surface area (Å²) in [5, 5.41) is 4.36. The van der Waals surface area contributed by atoms with Crippen molar-refractivity contribution in [2.75, 3.05) is 0 Å². The molecule has 0 saturated carbocycles. The van der Waals surface area contributed by atoms with Crippen molar-refractivity contribution < 1.29 is 0 Å². The molecule has 0 fully saturated rings. The van der Waals surface area contributed by atoms with E-state index in [0.717, 1.165) is 5.69 Å². The molecular weight excluding hydrogens is 196 g/mol. The van der Waals surface area contributed by atoms with Gasteiger partial charge < -0.3 is 0 Å². The molecule has 0 spiro atoms. The summed E-state index contributed by atoms with van der Waals surface area (Å²) < 4.78 is 1.99. The molecule has 2 heteroatoms. The number of benzene rings is 1. The van der Waals surface area contributed by atoms with Gasteiger partial charge in [-0.15, -0.1) is 0 Å². The van der Waals surface area contributed by atoms with E-state index in [1.807, 2.05) is 36.9 Å². The van der Waals surface area contributed by atoms with E-state index in [9.17, 15) is 0 Å².